The summed E-state index contributed by atoms with van der Waals surface area (Å²) in [4.78, 5) is 38.1. The van der Waals surface area contributed by atoms with E-state index in [-0.39, 0.29) is 36.4 Å². The molecule has 2 N–H and O–H groups in total. The molecule has 37 heavy (non-hydrogen) atoms. The number of ketones is 2. The molecule has 1 saturated carbocycles. The van der Waals surface area contributed by atoms with Crippen molar-refractivity contribution in [2.45, 2.75) is 44.8 Å². The molecule has 8 heteroatoms. The van der Waals surface area contributed by atoms with Gasteiger partial charge in [0.1, 0.15) is 17.4 Å². The molecule has 1 fully saturated rings. The van der Waals surface area contributed by atoms with Gasteiger partial charge in [-0.15, -0.1) is 0 Å². The van der Waals surface area contributed by atoms with Gasteiger partial charge in [0, 0.05) is 24.3 Å². The van der Waals surface area contributed by atoms with Crippen molar-refractivity contribution in [2.75, 3.05) is 0 Å². The molecule has 1 aliphatic carbocycles. The molecular formula is C29H27F2NO5. The van der Waals surface area contributed by atoms with Crippen LogP contribution in [0.5, 0.6) is 0 Å². The molecular weight excluding hydrogens is 480 g/mol. The lowest BCUT2D eigenvalue weighted by Gasteiger charge is -2.13. The second-order valence-corrected chi connectivity index (χ2v) is 9.37. The third-order valence-electron chi connectivity index (χ3n) is 6.65. The average Bonchev–Trinajstić information content (AvgIpc) is 3.27. The van der Waals surface area contributed by atoms with Gasteiger partial charge in [0.2, 0.25) is 11.6 Å². The van der Waals surface area contributed by atoms with Crippen LogP contribution in [0.15, 0.2) is 71.7 Å². The number of carbonyl (C=O) groups excluding carboxylic acids is 2. The van der Waals surface area contributed by atoms with Crippen molar-refractivity contribution in [1.29, 1.82) is 0 Å². The van der Waals surface area contributed by atoms with Gasteiger partial charge in [0.05, 0.1) is 18.2 Å². The van der Waals surface area contributed by atoms with Crippen molar-refractivity contribution < 1.29 is 28.6 Å². The van der Waals surface area contributed by atoms with E-state index in [1.807, 2.05) is 0 Å². The van der Waals surface area contributed by atoms with Crippen LogP contribution in [0.25, 0.3) is 5.76 Å². The quantitative estimate of drug-likeness (QED) is 0.255. The highest BCUT2D eigenvalue weighted by Gasteiger charge is 2.29. The third-order valence-corrected chi connectivity index (χ3v) is 6.65. The summed E-state index contributed by atoms with van der Waals surface area (Å²) in [7, 11) is 0. The second kappa shape index (κ2) is 11.4. The summed E-state index contributed by atoms with van der Waals surface area (Å²) in [5, 5.41) is 20.6. The molecule has 1 aromatic heterocycles. The lowest BCUT2D eigenvalue weighted by molar-refractivity contribution is -0.134. The van der Waals surface area contributed by atoms with E-state index in [1.54, 1.807) is 18.2 Å². The van der Waals surface area contributed by atoms with E-state index in [0.717, 1.165) is 18.1 Å². The fourth-order valence-corrected chi connectivity index (χ4v) is 4.62. The molecule has 2 aromatic carbocycles. The number of benzene rings is 2. The second-order valence-electron chi connectivity index (χ2n) is 9.37. The number of Topliss-reactive ketones (excluding diaryl/α,β-unsaturated/α-hetero) is 1. The Labute approximate surface area is 212 Å². The average molecular weight is 508 g/mol. The molecule has 2 atom stereocenters. The van der Waals surface area contributed by atoms with Crippen LogP contribution in [0.1, 0.15) is 47.9 Å². The largest absolute Gasteiger partial charge is 0.507 e. The van der Waals surface area contributed by atoms with Gasteiger partial charge in [-0.25, -0.2) is 8.78 Å². The summed E-state index contributed by atoms with van der Waals surface area (Å²) in [5.74, 6) is -3.62. The fourth-order valence-electron chi connectivity index (χ4n) is 4.62. The first-order valence-corrected chi connectivity index (χ1v) is 12.1. The standard InChI is InChI=1S/C29H27F2NO5/c30-22-10-8-18(9-11-22)12-19-13-23(29(37)32(16-19)17-21-4-1-2-6-24(21)31)26(34)15-28(36)27(35)14-20-5-3-7-25(20)33/h1-2,4,6,8-11,13,15-16,20,25,33-34H,3,5,7,12,14,17H2/t20-,25+/m0/s1. The number of hydrogen-bond acceptors (Lipinski definition) is 5. The topological polar surface area (TPSA) is 96.6 Å². The molecule has 6 nitrogen and oxygen atoms in total. The van der Waals surface area contributed by atoms with Crippen LogP contribution in [0.4, 0.5) is 8.78 Å². The Bertz CT molecular complexity index is 1390. The summed E-state index contributed by atoms with van der Waals surface area (Å²) in [6.45, 7) is -0.129. The highest BCUT2D eigenvalue weighted by atomic mass is 19.1. The van der Waals surface area contributed by atoms with Gasteiger partial charge in [-0.2, -0.15) is 0 Å². The summed E-state index contributed by atoms with van der Waals surface area (Å²) in [6, 6.07) is 13.1. The number of carbonyl (C=O) groups is 2. The number of allylic oxidation sites excluding steroid dienone is 1. The molecule has 3 aromatic rings. The lowest BCUT2D eigenvalue weighted by Crippen LogP contribution is -2.25. The van der Waals surface area contributed by atoms with Crippen LogP contribution < -0.4 is 5.56 Å². The lowest BCUT2D eigenvalue weighted by atomic mass is 9.96. The van der Waals surface area contributed by atoms with Crippen molar-refractivity contribution >= 4 is 17.3 Å². The highest BCUT2D eigenvalue weighted by molar-refractivity contribution is 6.42. The van der Waals surface area contributed by atoms with Crippen LogP contribution in [0.2, 0.25) is 0 Å². The minimum Gasteiger partial charge on any atom is -0.507 e. The summed E-state index contributed by atoms with van der Waals surface area (Å²) < 4.78 is 28.8. The number of aliphatic hydroxyl groups excluding tert-OH is 2. The van der Waals surface area contributed by atoms with E-state index < -0.39 is 40.6 Å². The van der Waals surface area contributed by atoms with Crippen LogP contribution in [0, 0.1) is 17.6 Å². The Morgan fingerprint density at radius 3 is 2.43 bits per heavy atom. The van der Waals surface area contributed by atoms with Crippen LogP contribution in [-0.4, -0.2) is 32.5 Å². The zero-order valence-electron chi connectivity index (χ0n) is 20.1. The van der Waals surface area contributed by atoms with Crippen molar-refractivity contribution in [3.8, 4) is 0 Å². The first kappa shape index (κ1) is 26.2. The maximum atomic E-state index is 14.3. The predicted octanol–water partition coefficient (Wildman–Crippen LogP) is 4.35. The molecule has 192 valence electrons. The Balaban J connectivity index is 1.66. The Kier molecular flexibility index (Phi) is 8.08. The molecule has 0 aliphatic heterocycles. The number of hydrogen-bond donors (Lipinski definition) is 2. The van der Waals surface area contributed by atoms with Crippen LogP contribution in [0.3, 0.4) is 0 Å². The van der Waals surface area contributed by atoms with Gasteiger partial charge >= 0.3 is 0 Å². The van der Waals surface area contributed by atoms with Gasteiger partial charge in [0.15, 0.2) is 0 Å². The summed E-state index contributed by atoms with van der Waals surface area (Å²) in [5.41, 5.74) is 0.627. The molecule has 4 rings (SSSR count). The molecule has 1 aliphatic rings. The molecule has 0 bridgehead atoms. The summed E-state index contributed by atoms with van der Waals surface area (Å²) >= 11 is 0. The number of aromatic nitrogens is 1. The summed E-state index contributed by atoms with van der Waals surface area (Å²) in [6.07, 6.45) is 3.73. The first-order chi connectivity index (χ1) is 17.7. The van der Waals surface area contributed by atoms with Gasteiger partial charge in [-0.3, -0.25) is 14.4 Å². The Morgan fingerprint density at radius 1 is 1.03 bits per heavy atom. The molecule has 0 amide bonds. The number of rotatable bonds is 9. The minimum atomic E-state index is -0.972. The van der Waals surface area contributed by atoms with E-state index in [2.05, 4.69) is 0 Å². The third kappa shape index (κ3) is 6.46. The van der Waals surface area contributed by atoms with E-state index in [9.17, 15) is 33.4 Å². The predicted molar refractivity (Wildman–Crippen MR) is 134 cm³/mol. The normalized spacial score (nSPS) is 17.6. The Hall–Kier alpha value is -3.91. The van der Waals surface area contributed by atoms with Crippen molar-refractivity contribution in [3.63, 3.8) is 0 Å². The fraction of sp³-hybridized carbons (Fsp3) is 0.276. The van der Waals surface area contributed by atoms with Crippen LogP contribution >= 0.6 is 0 Å². The number of pyridine rings is 1. The zero-order chi connectivity index (χ0) is 26.5. The Morgan fingerprint density at radius 2 is 1.76 bits per heavy atom. The number of aliphatic hydroxyl groups is 2. The highest BCUT2D eigenvalue weighted by Crippen LogP contribution is 2.28. The van der Waals surface area contributed by atoms with E-state index in [1.165, 1.54) is 47.2 Å². The van der Waals surface area contributed by atoms with E-state index >= 15 is 0 Å². The van der Waals surface area contributed by atoms with Crippen LogP contribution in [-0.2, 0) is 22.6 Å². The zero-order valence-corrected chi connectivity index (χ0v) is 20.1. The molecule has 1 heterocycles. The minimum absolute atomic E-state index is 0.129. The number of halogens is 2. The SMILES string of the molecule is O=C(C=C(O)c1cc(Cc2ccc(F)cc2)cn(Cc2ccccc2F)c1=O)C(=O)C[C@@H]1CCC[C@H]1O. The molecule has 0 saturated heterocycles. The van der Waals surface area contributed by atoms with Crippen molar-refractivity contribution in [3.05, 3.63) is 111 Å². The molecule has 0 spiro atoms. The van der Waals surface area contributed by atoms with Gasteiger partial charge in [0.25, 0.3) is 5.56 Å². The van der Waals surface area contributed by atoms with Gasteiger partial charge in [-0.1, -0.05) is 36.8 Å². The number of nitrogens with zero attached hydrogens (tertiary/aromatic N) is 1. The maximum Gasteiger partial charge on any atom is 0.261 e. The van der Waals surface area contributed by atoms with Gasteiger partial charge < -0.3 is 14.8 Å². The van der Waals surface area contributed by atoms with E-state index in [0.29, 0.717) is 18.4 Å². The van der Waals surface area contributed by atoms with Gasteiger partial charge in [-0.05, 0) is 60.6 Å². The van der Waals surface area contributed by atoms with Crippen molar-refractivity contribution in [1.82, 2.24) is 4.57 Å². The first-order valence-electron chi connectivity index (χ1n) is 12.1. The smallest absolute Gasteiger partial charge is 0.261 e. The van der Waals surface area contributed by atoms with E-state index in [4.69, 9.17) is 0 Å². The van der Waals surface area contributed by atoms with Crippen molar-refractivity contribution in [2.24, 2.45) is 5.92 Å². The molecule has 0 radical (unpaired) electrons. The monoisotopic (exact) mass is 507 g/mol. The maximum absolute atomic E-state index is 14.3. The molecule has 0 unspecified atom stereocenters.